The van der Waals surface area contributed by atoms with E-state index >= 15 is 0 Å². The van der Waals surface area contributed by atoms with Crippen molar-refractivity contribution in [2.45, 2.75) is 0 Å². The molecule has 0 amide bonds. The van der Waals surface area contributed by atoms with Gasteiger partial charge in [-0.15, -0.1) is 5.10 Å². The number of hydrogen-bond donors (Lipinski definition) is 1. The molecule has 2 aromatic carbocycles. The summed E-state index contributed by atoms with van der Waals surface area (Å²) < 4.78 is 15.1. The number of nitrogen functional groups attached to an aromatic ring is 1. The van der Waals surface area contributed by atoms with E-state index in [1.54, 1.807) is 30.3 Å². The second kappa shape index (κ2) is 5.42. The fourth-order valence-electron chi connectivity index (χ4n) is 1.86. The Labute approximate surface area is 132 Å². The molecule has 3 aromatic rings. The van der Waals surface area contributed by atoms with Crippen LogP contribution < -0.4 is 5.73 Å². The van der Waals surface area contributed by atoms with Crippen LogP contribution in [-0.2, 0) is 0 Å². The molecule has 0 aliphatic carbocycles. The molecule has 0 unspecified atom stereocenters. The van der Waals surface area contributed by atoms with E-state index < -0.39 is 0 Å². The molecule has 1 heterocycles. The van der Waals surface area contributed by atoms with E-state index in [9.17, 15) is 4.39 Å². The minimum Gasteiger partial charge on any atom is -0.399 e. The minimum absolute atomic E-state index is 0.320. The van der Waals surface area contributed by atoms with Gasteiger partial charge in [-0.3, -0.25) is 0 Å². The van der Waals surface area contributed by atoms with Crippen LogP contribution in [0.5, 0.6) is 0 Å². The molecule has 106 valence electrons. The van der Waals surface area contributed by atoms with Crippen molar-refractivity contribution >= 4 is 33.2 Å². The highest BCUT2D eigenvalue weighted by Gasteiger charge is 2.15. The Kier molecular flexibility index (Phi) is 3.60. The summed E-state index contributed by atoms with van der Waals surface area (Å²) in [5.41, 5.74) is 7.52. The van der Waals surface area contributed by atoms with Crippen LogP contribution in [0.3, 0.4) is 0 Å². The summed E-state index contributed by atoms with van der Waals surface area (Å²) in [5.74, 6) is 0.0566. The number of benzene rings is 2. The second-order valence-electron chi connectivity index (χ2n) is 4.25. The highest BCUT2D eigenvalue weighted by molar-refractivity contribution is 9.10. The Bertz CT molecular complexity index is 820. The number of nitrogens with two attached hydrogens (primary N) is 1. The molecule has 0 radical (unpaired) electrons. The summed E-state index contributed by atoms with van der Waals surface area (Å²) in [6.07, 6.45) is 0. The van der Waals surface area contributed by atoms with Crippen LogP contribution in [0.25, 0.3) is 17.1 Å². The molecule has 0 atom stereocenters. The van der Waals surface area contributed by atoms with E-state index in [4.69, 9.17) is 17.3 Å². The van der Waals surface area contributed by atoms with E-state index in [1.165, 1.54) is 10.7 Å². The number of halogens is 3. The van der Waals surface area contributed by atoms with Gasteiger partial charge in [0.1, 0.15) is 5.82 Å². The molecule has 0 bridgehead atoms. The first-order chi connectivity index (χ1) is 10.1. The van der Waals surface area contributed by atoms with E-state index in [1.807, 2.05) is 0 Å². The van der Waals surface area contributed by atoms with Gasteiger partial charge in [0, 0.05) is 11.3 Å². The third-order valence-electron chi connectivity index (χ3n) is 2.85. The summed E-state index contributed by atoms with van der Waals surface area (Å²) in [6, 6.07) is 9.52. The zero-order valence-electron chi connectivity index (χ0n) is 10.5. The molecule has 5 nitrogen and oxygen atoms in total. The number of tetrazole rings is 1. The summed E-state index contributed by atoms with van der Waals surface area (Å²) in [5, 5.41) is 12.0. The quantitative estimate of drug-likeness (QED) is 0.703. The largest absolute Gasteiger partial charge is 0.399 e. The predicted molar refractivity (Wildman–Crippen MR) is 81.7 cm³/mol. The Hall–Kier alpha value is -1.99. The molecule has 3 rings (SSSR count). The zero-order valence-corrected chi connectivity index (χ0v) is 12.8. The number of nitrogens with zero attached hydrogens (tertiary/aromatic N) is 4. The lowest BCUT2D eigenvalue weighted by Crippen LogP contribution is -2.01. The van der Waals surface area contributed by atoms with Gasteiger partial charge >= 0.3 is 0 Å². The van der Waals surface area contributed by atoms with Gasteiger partial charge in [0.25, 0.3) is 0 Å². The lowest BCUT2D eigenvalue weighted by Gasteiger charge is -2.07. The molecule has 1 aromatic heterocycles. The first-order valence-electron chi connectivity index (χ1n) is 5.85. The molecule has 0 saturated carbocycles. The zero-order chi connectivity index (χ0) is 15.0. The fraction of sp³-hybridized carbons (Fsp3) is 0. The molecular weight excluding hydrogens is 361 g/mol. The third-order valence-corrected chi connectivity index (χ3v) is 3.79. The van der Waals surface area contributed by atoms with Gasteiger partial charge in [-0.1, -0.05) is 11.6 Å². The van der Waals surface area contributed by atoms with Crippen molar-refractivity contribution in [1.82, 2.24) is 20.2 Å². The normalized spacial score (nSPS) is 10.8. The van der Waals surface area contributed by atoms with Crippen molar-refractivity contribution in [3.8, 4) is 17.1 Å². The first kappa shape index (κ1) is 14.0. The van der Waals surface area contributed by atoms with E-state index in [0.29, 0.717) is 32.3 Å². The maximum Gasteiger partial charge on any atom is 0.188 e. The van der Waals surface area contributed by atoms with E-state index in [0.717, 1.165) is 0 Å². The Morgan fingerprint density at radius 1 is 1.19 bits per heavy atom. The fourth-order valence-corrected chi connectivity index (χ4v) is 2.43. The third kappa shape index (κ3) is 2.62. The van der Waals surface area contributed by atoms with Gasteiger partial charge in [0.05, 0.1) is 15.2 Å². The van der Waals surface area contributed by atoms with Crippen molar-refractivity contribution in [1.29, 1.82) is 0 Å². The van der Waals surface area contributed by atoms with Crippen molar-refractivity contribution in [2.24, 2.45) is 0 Å². The van der Waals surface area contributed by atoms with Crippen LogP contribution in [0, 0.1) is 5.82 Å². The molecule has 0 aliphatic rings. The summed E-state index contributed by atoms with van der Waals surface area (Å²) in [7, 11) is 0. The highest BCUT2D eigenvalue weighted by Crippen LogP contribution is 2.29. The number of rotatable bonds is 2. The Balaban J connectivity index is 2.17. The van der Waals surface area contributed by atoms with Crippen LogP contribution in [0.4, 0.5) is 10.1 Å². The SMILES string of the molecule is Nc1ccc(Cl)c(-c2nnnn2-c2ccc(F)c(Br)c2)c1. The van der Waals surface area contributed by atoms with Crippen molar-refractivity contribution in [2.75, 3.05) is 5.73 Å². The molecule has 21 heavy (non-hydrogen) atoms. The lowest BCUT2D eigenvalue weighted by atomic mass is 10.2. The van der Waals surface area contributed by atoms with Gasteiger partial charge in [-0.05, 0) is 62.8 Å². The van der Waals surface area contributed by atoms with Crippen LogP contribution in [0.2, 0.25) is 5.02 Å². The monoisotopic (exact) mass is 367 g/mol. The maximum absolute atomic E-state index is 13.3. The molecule has 0 saturated heterocycles. The number of anilines is 1. The molecule has 0 aliphatic heterocycles. The standard InChI is InChI=1S/C13H8BrClFN5/c14-10-6-8(2-4-12(10)16)21-13(18-19-20-21)9-5-7(17)1-3-11(9)15/h1-6H,17H2. The van der Waals surface area contributed by atoms with Gasteiger partial charge < -0.3 is 5.73 Å². The molecule has 2 N–H and O–H groups in total. The molecular formula is C13H8BrClFN5. The van der Waals surface area contributed by atoms with E-state index in [-0.39, 0.29) is 5.82 Å². The Morgan fingerprint density at radius 2 is 2.00 bits per heavy atom. The van der Waals surface area contributed by atoms with Crippen LogP contribution in [0.15, 0.2) is 40.9 Å². The van der Waals surface area contributed by atoms with Crippen LogP contribution in [0.1, 0.15) is 0 Å². The molecule has 0 spiro atoms. The molecule has 0 fully saturated rings. The maximum atomic E-state index is 13.3. The highest BCUT2D eigenvalue weighted by atomic mass is 79.9. The van der Waals surface area contributed by atoms with Gasteiger partial charge in [-0.2, -0.15) is 4.68 Å². The van der Waals surface area contributed by atoms with Gasteiger partial charge in [0.15, 0.2) is 5.82 Å². The van der Waals surface area contributed by atoms with Crippen molar-refractivity contribution in [3.63, 3.8) is 0 Å². The Morgan fingerprint density at radius 3 is 2.76 bits per heavy atom. The van der Waals surface area contributed by atoms with Crippen molar-refractivity contribution < 1.29 is 4.39 Å². The van der Waals surface area contributed by atoms with Crippen LogP contribution in [-0.4, -0.2) is 20.2 Å². The first-order valence-corrected chi connectivity index (χ1v) is 7.02. The topological polar surface area (TPSA) is 69.6 Å². The van der Waals surface area contributed by atoms with Crippen molar-refractivity contribution in [3.05, 3.63) is 51.7 Å². The number of aromatic nitrogens is 4. The van der Waals surface area contributed by atoms with Gasteiger partial charge in [0.2, 0.25) is 0 Å². The predicted octanol–water partition coefficient (Wildman–Crippen LogP) is 3.47. The minimum atomic E-state index is -0.365. The summed E-state index contributed by atoms with van der Waals surface area (Å²) >= 11 is 9.31. The smallest absolute Gasteiger partial charge is 0.188 e. The lowest BCUT2D eigenvalue weighted by molar-refractivity contribution is 0.620. The van der Waals surface area contributed by atoms with E-state index in [2.05, 4.69) is 31.5 Å². The molecule has 8 heteroatoms. The summed E-state index contributed by atoms with van der Waals surface area (Å²) in [4.78, 5) is 0. The number of hydrogen-bond acceptors (Lipinski definition) is 4. The average Bonchev–Trinajstić information content (AvgIpc) is 2.93. The summed E-state index contributed by atoms with van der Waals surface area (Å²) in [6.45, 7) is 0. The second-order valence-corrected chi connectivity index (χ2v) is 5.51. The van der Waals surface area contributed by atoms with Gasteiger partial charge in [-0.25, -0.2) is 4.39 Å². The van der Waals surface area contributed by atoms with Crippen LogP contribution >= 0.6 is 27.5 Å². The average molecular weight is 369 g/mol.